The Labute approximate surface area is 106 Å². The van der Waals surface area contributed by atoms with Crippen LogP contribution in [0.2, 0.25) is 0 Å². The lowest BCUT2D eigenvalue weighted by Crippen LogP contribution is -2.53. The van der Waals surface area contributed by atoms with Gasteiger partial charge in [-0.05, 0) is 11.6 Å². The Balaban J connectivity index is 2.14. The van der Waals surface area contributed by atoms with Gasteiger partial charge in [0.1, 0.15) is 11.5 Å². The Hall–Kier alpha value is -1.75. The van der Waals surface area contributed by atoms with Crippen LogP contribution in [0.1, 0.15) is 5.56 Å². The summed E-state index contributed by atoms with van der Waals surface area (Å²) >= 11 is 0. The molecule has 2 N–H and O–H groups in total. The Kier molecular flexibility index (Phi) is 4.04. The molecule has 5 heteroatoms. The van der Waals surface area contributed by atoms with Crippen molar-refractivity contribution in [3.63, 3.8) is 0 Å². The average Bonchev–Trinajstić information content (AvgIpc) is 2.41. The van der Waals surface area contributed by atoms with Crippen LogP contribution >= 0.6 is 0 Å². The molecule has 0 saturated carbocycles. The van der Waals surface area contributed by atoms with Gasteiger partial charge in [0.2, 0.25) is 5.91 Å². The standard InChI is InChI=1S/C13H18N2O3/c1-17-10-4-3-9(12(8-10)18-2)7-11-13(16)15-6-5-14-11/h3-4,8,11,14H,5-7H2,1-2H3,(H,15,16)/t11-/m0/s1. The second kappa shape index (κ2) is 5.73. The van der Waals surface area contributed by atoms with E-state index in [-0.39, 0.29) is 11.9 Å². The Bertz CT molecular complexity index is 434. The molecule has 0 bridgehead atoms. The zero-order chi connectivity index (χ0) is 13.0. The quantitative estimate of drug-likeness (QED) is 0.808. The number of amides is 1. The first-order chi connectivity index (χ1) is 8.74. The molecule has 5 nitrogen and oxygen atoms in total. The maximum atomic E-state index is 11.7. The Morgan fingerprint density at radius 3 is 2.78 bits per heavy atom. The second-order valence-corrected chi connectivity index (χ2v) is 4.18. The third-order valence-corrected chi connectivity index (χ3v) is 3.05. The zero-order valence-corrected chi connectivity index (χ0v) is 10.7. The summed E-state index contributed by atoms with van der Waals surface area (Å²) in [6.07, 6.45) is 0.610. The van der Waals surface area contributed by atoms with Crippen molar-refractivity contribution in [2.24, 2.45) is 0 Å². The SMILES string of the molecule is COc1ccc(C[C@@H]2NCCNC2=O)c(OC)c1. The molecule has 2 rings (SSSR count). The largest absolute Gasteiger partial charge is 0.497 e. The van der Waals surface area contributed by atoms with Gasteiger partial charge in [-0.1, -0.05) is 6.07 Å². The van der Waals surface area contributed by atoms with Crippen LogP contribution in [0.15, 0.2) is 18.2 Å². The van der Waals surface area contributed by atoms with E-state index in [1.807, 2.05) is 18.2 Å². The molecule has 0 unspecified atom stereocenters. The minimum Gasteiger partial charge on any atom is -0.497 e. The number of benzene rings is 1. The molecule has 0 radical (unpaired) electrons. The van der Waals surface area contributed by atoms with Crippen LogP contribution in [0.5, 0.6) is 11.5 Å². The van der Waals surface area contributed by atoms with Crippen molar-refractivity contribution in [2.45, 2.75) is 12.5 Å². The summed E-state index contributed by atoms with van der Waals surface area (Å²) in [6, 6.07) is 5.44. The number of hydrogen-bond donors (Lipinski definition) is 2. The number of hydrogen-bond acceptors (Lipinski definition) is 4. The molecule has 1 fully saturated rings. The van der Waals surface area contributed by atoms with Gasteiger partial charge in [-0.3, -0.25) is 4.79 Å². The summed E-state index contributed by atoms with van der Waals surface area (Å²) in [6.45, 7) is 1.49. The highest BCUT2D eigenvalue weighted by atomic mass is 16.5. The third kappa shape index (κ3) is 2.73. The topological polar surface area (TPSA) is 59.6 Å². The van der Waals surface area contributed by atoms with E-state index in [1.54, 1.807) is 14.2 Å². The van der Waals surface area contributed by atoms with Crippen LogP contribution in [0.25, 0.3) is 0 Å². The first-order valence-corrected chi connectivity index (χ1v) is 5.96. The predicted octanol–water partition coefficient (Wildman–Crippen LogP) is 0.334. The predicted molar refractivity (Wildman–Crippen MR) is 68.1 cm³/mol. The summed E-state index contributed by atoms with van der Waals surface area (Å²) in [4.78, 5) is 11.7. The van der Waals surface area contributed by atoms with E-state index in [0.29, 0.717) is 13.0 Å². The van der Waals surface area contributed by atoms with Crippen LogP contribution in [-0.4, -0.2) is 39.3 Å². The minimum atomic E-state index is -0.193. The maximum absolute atomic E-state index is 11.7. The molecule has 1 aromatic carbocycles. The molecule has 0 spiro atoms. The molecule has 1 aliphatic heterocycles. The number of carbonyl (C=O) groups excluding carboxylic acids is 1. The summed E-state index contributed by atoms with van der Waals surface area (Å²) in [7, 11) is 3.23. The molecular formula is C13H18N2O3. The van der Waals surface area contributed by atoms with Crippen molar-refractivity contribution in [2.75, 3.05) is 27.3 Å². The lowest BCUT2D eigenvalue weighted by molar-refractivity contribution is -0.124. The van der Waals surface area contributed by atoms with Gasteiger partial charge < -0.3 is 20.1 Å². The molecule has 1 aliphatic rings. The van der Waals surface area contributed by atoms with E-state index in [9.17, 15) is 4.79 Å². The molecule has 1 heterocycles. The van der Waals surface area contributed by atoms with Gasteiger partial charge in [0.25, 0.3) is 0 Å². The molecule has 1 amide bonds. The van der Waals surface area contributed by atoms with Gasteiger partial charge in [-0.15, -0.1) is 0 Å². The van der Waals surface area contributed by atoms with Gasteiger partial charge >= 0.3 is 0 Å². The van der Waals surface area contributed by atoms with Crippen LogP contribution < -0.4 is 20.1 Å². The minimum absolute atomic E-state index is 0.0409. The number of ether oxygens (including phenoxy) is 2. The number of methoxy groups -OCH3 is 2. The average molecular weight is 250 g/mol. The van der Waals surface area contributed by atoms with E-state index >= 15 is 0 Å². The highest BCUT2D eigenvalue weighted by Gasteiger charge is 2.22. The first-order valence-electron chi connectivity index (χ1n) is 5.96. The van der Waals surface area contributed by atoms with E-state index in [0.717, 1.165) is 23.6 Å². The van der Waals surface area contributed by atoms with Gasteiger partial charge in [0.15, 0.2) is 0 Å². The molecular weight excluding hydrogens is 232 g/mol. The normalized spacial score (nSPS) is 19.2. The third-order valence-electron chi connectivity index (χ3n) is 3.05. The summed E-state index contributed by atoms with van der Waals surface area (Å²) in [5.41, 5.74) is 0.993. The van der Waals surface area contributed by atoms with Crippen LogP contribution in [0.4, 0.5) is 0 Å². The Morgan fingerprint density at radius 2 is 2.11 bits per heavy atom. The Morgan fingerprint density at radius 1 is 1.28 bits per heavy atom. The number of rotatable bonds is 4. The maximum Gasteiger partial charge on any atom is 0.237 e. The van der Waals surface area contributed by atoms with Crippen molar-refractivity contribution in [1.29, 1.82) is 0 Å². The van der Waals surface area contributed by atoms with Crippen LogP contribution in [-0.2, 0) is 11.2 Å². The van der Waals surface area contributed by atoms with Gasteiger partial charge in [0, 0.05) is 25.6 Å². The molecule has 0 aliphatic carbocycles. The monoisotopic (exact) mass is 250 g/mol. The highest BCUT2D eigenvalue weighted by Crippen LogP contribution is 2.25. The van der Waals surface area contributed by atoms with E-state index in [2.05, 4.69) is 10.6 Å². The second-order valence-electron chi connectivity index (χ2n) is 4.18. The van der Waals surface area contributed by atoms with E-state index < -0.39 is 0 Å². The van der Waals surface area contributed by atoms with Crippen molar-refractivity contribution >= 4 is 5.91 Å². The van der Waals surface area contributed by atoms with Crippen molar-refractivity contribution in [1.82, 2.24) is 10.6 Å². The first kappa shape index (κ1) is 12.7. The van der Waals surface area contributed by atoms with Crippen molar-refractivity contribution < 1.29 is 14.3 Å². The molecule has 18 heavy (non-hydrogen) atoms. The lowest BCUT2D eigenvalue weighted by atomic mass is 10.0. The summed E-state index contributed by atoms with van der Waals surface area (Å²) in [5.74, 6) is 1.53. The fourth-order valence-electron chi connectivity index (χ4n) is 2.05. The molecule has 98 valence electrons. The van der Waals surface area contributed by atoms with Crippen LogP contribution in [0.3, 0.4) is 0 Å². The fraction of sp³-hybridized carbons (Fsp3) is 0.462. The lowest BCUT2D eigenvalue weighted by Gasteiger charge is -2.24. The fourth-order valence-corrected chi connectivity index (χ4v) is 2.05. The number of carbonyl (C=O) groups is 1. The van der Waals surface area contributed by atoms with E-state index in [1.165, 1.54) is 0 Å². The molecule has 0 aromatic heterocycles. The molecule has 1 saturated heterocycles. The highest BCUT2D eigenvalue weighted by molar-refractivity contribution is 5.82. The van der Waals surface area contributed by atoms with E-state index in [4.69, 9.17) is 9.47 Å². The van der Waals surface area contributed by atoms with Crippen molar-refractivity contribution in [3.05, 3.63) is 23.8 Å². The van der Waals surface area contributed by atoms with Crippen LogP contribution in [0, 0.1) is 0 Å². The smallest absolute Gasteiger partial charge is 0.237 e. The molecule has 1 atom stereocenters. The van der Waals surface area contributed by atoms with Gasteiger partial charge in [-0.25, -0.2) is 0 Å². The van der Waals surface area contributed by atoms with Crippen molar-refractivity contribution in [3.8, 4) is 11.5 Å². The summed E-state index contributed by atoms with van der Waals surface area (Å²) < 4.78 is 10.5. The number of piperazine rings is 1. The zero-order valence-electron chi connectivity index (χ0n) is 10.7. The summed E-state index contributed by atoms with van der Waals surface area (Å²) in [5, 5.41) is 6.04. The number of nitrogens with one attached hydrogen (secondary N) is 2. The molecule has 1 aromatic rings. The van der Waals surface area contributed by atoms with Gasteiger partial charge in [-0.2, -0.15) is 0 Å². The van der Waals surface area contributed by atoms with Gasteiger partial charge in [0.05, 0.1) is 20.3 Å².